The molecule has 0 unspecified atom stereocenters. The fourth-order valence-electron chi connectivity index (χ4n) is 2.34. The van der Waals surface area contributed by atoms with Gasteiger partial charge in [0, 0.05) is 12.7 Å². The molecule has 3 aromatic rings. The summed E-state index contributed by atoms with van der Waals surface area (Å²) >= 11 is 0. The minimum atomic E-state index is -0.608. The number of aryl methyl sites for hydroxylation is 1. The van der Waals surface area contributed by atoms with Crippen molar-refractivity contribution < 1.29 is 13.7 Å². The van der Waals surface area contributed by atoms with Crippen molar-refractivity contribution in [3.8, 4) is 11.1 Å². The summed E-state index contributed by atoms with van der Waals surface area (Å²) in [6, 6.07) is 14.3. The molecule has 1 N–H and O–H groups in total. The largest absolute Gasteiger partial charge is 0.366 e. The zero-order valence-electron chi connectivity index (χ0n) is 12.2. The lowest BCUT2D eigenvalue weighted by Crippen LogP contribution is -2.17. The molecule has 5 nitrogen and oxygen atoms in total. The summed E-state index contributed by atoms with van der Waals surface area (Å²) in [5.74, 6) is -1.02. The van der Waals surface area contributed by atoms with Gasteiger partial charge < -0.3 is 9.84 Å². The summed E-state index contributed by atoms with van der Waals surface area (Å²) in [5.41, 5.74) is 0.504. The number of nitrogens with zero attached hydrogens (tertiary/aromatic N) is 1. The molecule has 0 bridgehead atoms. The molecule has 0 aliphatic carbocycles. The van der Waals surface area contributed by atoms with Gasteiger partial charge in [0.2, 0.25) is 0 Å². The lowest BCUT2D eigenvalue weighted by atomic mass is 10.1. The van der Waals surface area contributed by atoms with E-state index < -0.39 is 17.3 Å². The van der Waals surface area contributed by atoms with E-state index in [0.29, 0.717) is 11.3 Å². The van der Waals surface area contributed by atoms with E-state index in [0.717, 1.165) is 4.74 Å². The number of hydrogen-bond acceptors (Lipinski definition) is 3. The Morgan fingerprint density at radius 1 is 1.13 bits per heavy atom. The third-order valence-corrected chi connectivity index (χ3v) is 3.34. The Kier molecular flexibility index (Phi) is 3.80. The van der Waals surface area contributed by atoms with Crippen LogP contribution < -0.4 is 10.9 Å². The van der Waals surface area contributed by atoms with Gasteiger partial charge in [0.05, 0.1) is 0 Å². The molecule has 0 fully saturated rings. The molecule has 116 valence electrons. The van der Waals surface area contributed by atoms with E-state index in [1.54, 1.807) is 36.4 Å². The van der Waals surface area contributed by atoms with E-state index >= 15 is 0 Å². The number of hydrogen-bond donors (Lipinski definition) is 1. The lowest BCUT2D eigenvalue weighted by molar-refractivity contribution is 0.100. The van der Waals surface area contributed by atoms with Gasteiger partial charge in [-0.2, -0.15) is 0 Å². The van der Waals surface area contributed by atoms with E-state index in [4.69, 9.17) is 4.52 Å². The molecule has 0 spiro atoms. The molecule has 0 aliphatic heterocycles. The van der Waals surface area contributed by atoms with Gasteiger partial charge in [-0.25, -0.2) is 13.9 Å². The average molecular weight is 312 g/mol. The molecule has 1 heterocycles. The molecule has 0 saturated heterocycles. The van der Waals surface area contributed by atoms with E-state index in [1.165, 1.54) is 25.2 Å². The maximum atomic E-state index is 13.2. The van der Waals surface area contributed by atoms with Gasteiger partial charge in [-0.15, -0.1) is 0 Å². The molecule has 3 rings (SSSR count). The van der Waals surface area contributed by atoms with Crippen molar-refractivity contribution >= 4 is 11.6 Å². The number of carbonyl (C=O) groups excluding carboxylic acids is 1. The van der Waals surface area contributed by atoms with Crippen LogP contribution in [0.4, 0.5) is 10.1 Å². The molecule has 0 atom stereocenters. The summed E-state index contributed by atoms with van der Waals surface area (Å²) in [7, 11) is 1.47. The maximum absolute atomic E-state index is 13.2. The van der Waals surface area contributed by atoms with Gasteiger partial charge in [-0.1, -0.05) is 36.4 Å². The van der Waals surface area contributed by atoms with Crippen LogP contribution in [0.25, 0.3) is 11.1 Å². The summed E-state index contributed by atoms with van der Waals surface area (Å²) in [6.45, 7) is 0. The SMILES string of the molecule is Cn1oc(=O)c(-c2ccccc2)c1C(=O)Nc1cccc(F)c1. The second-order valence-electron chi connectivity index (χ2n) is 4.93. The van der Waals surface area contributed by atoms with Gasteiger partial charge in [-0.05, 0) is 23.8 Å². The van der Waals surface area contributed by atoms with Crippen LogP contribution >= 0.6 is 0 Å². The molecule has 1 amide bonds. The van der Waals surface area contributed by atoms with Crippen molar-refractivity contribution in [3.63, 3.8) is 0 Å². The Morgan fingerprint density at radius 3 is 2.57 bits per heavy atom. The van der Waals surface area contributed by atoms with E-state index in [1.807, 2.05) is 0 Å². The first-order valence-electron chi connectivity index (χ1n) is 6.89. The number of carbonyl (C=O) groups is 1. The number of anilines is 1. The fourth-order valence-corrected chi connectivity index (χ4v) is 2.34. The zero-order valence-corrected chi connectivity index (χ0v) is 12.2. The minimum absolute atomic E-state index is 0.0745. The van der Waals surface area contributed by atoms with Crippen LogP contribution in [0.5, 0.6) is 0 Å². The monoisotopic (exact) mass is 312 g/mol. The van der Waals surface area contributed by atoms with Gasteiger partial charge in [-0.3, -0.25) is 4.79 Å². The Bertz CT molecular complexity index is 913. The van der Waals surface area contributed by atoms with Gasteiger partial charge in [0.1, 0.15) is 11.4 Å². The number of rotatable bonds is 3. The molecular formula is C17H13FN2O3. The molecule has 1 aromatic heterocycles. The van der Waals surface area contributed by atoms with Crippen LogP contribution in [0.2, 0.25) is 0 Å². The van der Waals surface area contributed by atoms with Crippen molar-refractivity contribution in [2.45, 2.75) is 0 Å². The Hall–Kier alpha value is -3.15. The number of benzene rings is 2. The Morgan fingerprint density at radius 2 is 1.87 bits per heavy atom. The van der Waals surface area contributed by atoms with Crippen LogP contribution in [0, 0.1) is 5.82 Å². The van der Waals surface area contributed by atoms with Crippen LogP contribution in [0.1, 0.15) is 10.5 Å². The van der Waals surface area contributed by atoms with E-state index in [2.05, 4.69) is 5.32 Å². The highest BCUT2D eigenvalue weighted by atomic mass is 19.1. The predicted octanol–water partition coefficient (Wildman–Crippen LogP) is 3.04. The average Bonchev–Trinajstić information content (AvgIpc) is 2.82. The number of amides is 1. The van der Waals surface area contributed by atoms with Crippen LogP contribution in [-0.4, -0.2) is 10.6 Å². The van der Waals surface area contributed by atoms with Crippen LogP contribution in [0.3, 0.4) is 0 Å². The second kappa shape index (κ2) is 5.92. The van der Waals surface area contributed by atoms with Crippen LogP contribution in [0.15, 0.2) is 63.9 Å². The molecule has 6 heteroatoms. The molecule has 2 aromatic carbocycles. The molecular weight excluding hydrogens is 299 g/mol. The highest BCUT2D eigenvalue weighted by Crippen LogP contribution is 2.21. The lowest BCUT2D eigenvalue weighted by Gasteiger charge is -2.07. The summed E-state index contributed by atoms with van der Waals surface area (Å²) in [6.07, 6.45) is 0. The number of aromatic nitrogens is 1. The summed E-state index contributed by atoms with van der Waals surface area (Å²) in [4.78, 5) is 24.5. The van der Waals surface area contributed by atoms with Crippen LogP contribution in [-0.2, 0) is 7.05 Å². The van der Waals surface area contributed by atoms with Crippen molar-refractivity contribution in [1.82, 2.24) is 4.74 Å². The third-order valence-electron chi connectivity index (χ3n) is 3.34. The summed E-state index contributed by atoms with van der Waals surface area (Å²) in [5, 5.41) is 2.56. The first kappa shape index (κ1) is 14.8. The minimum Gasteiger partial charge on any atom is -0.335 e. The van der Waals surface area contributed by atoms with Gasteiger partial charge in [0.25, 0.3) is 5.91 Å². The first-order chi connectivity index (χ1) is 11.1. The van der Waals surface area contributed by atoms with Crippen molar-refractivity contribution in [2.75, 3.05) is 5.32 Å². The molecule has 0 aliphatic rings. The third kappa shape index (κ3) is 2.91. The van der Waals surface area contributed by atoms with Crippen molar-refractivity contribution in [1.29, 1.82) is 0 Å². The number of halogens is 1. The van der Waals surface area contributed by atoms with Gasteiger partial charge >= 0.3 is 5.63 Å². The second-order valence-corrected chi connectivity index (χ2v) is 4.93. The quantitative estimate of drug-likeness (QED) is 0.808. The zero-order chi connectivity index (χ0) is 16.4. The Labute approximate surface area is 130 Å². The molecule has 23 heavy (non-hydrogen) atoms. The highest BCUT2D eigenvalue weighted by Gasteiger charge is 2.23. The molecule has 0 saturated carbocycles. The Balaban J connectivity index is 2.03. The highest BCUT2D eigenvalue weighted by molar-refractivity contribution is 6.07. The summed E-state index contributed by atoms with van der Waals surface area (Å²) < 4.78 is 19.3. The predicted molar refractivity (Wildman–Crippen MR) is 83.7 cm³/mol. The van der Waals surface area contributed by atoms with E-state index in [9.17, 15) is 14.0 Å². The van der Waals surface area contributed by atoms with Gasteiger partial charge in [0.15, 0.2) is 5.69 Å². The number of nitrogens with one attached hydrogen (secondary N) is 1. The fraction of sp³-hybridized carbons (Fsp3) is 0.0588. The maximum Gasteiger partial charge on any atom is 0.366 e. The smallest absolute Gasteiger partial charge is 0.335 e. The molecule has 0 radical (unpaired) electrons. The van der Waals surface area contributed by atoms with E-state index in [-0.39, 0.29) is 11.3 Å². The normalized spacial score (nSPS) is 10.5. The standard InChI is InChI=1S/C17H13FN2O3/c1-20-15(16(21)19-13-9-5-8-12(18)10-13)14(17(22)23-20)11-6-3-2-4-7-11/h2-10H,1H3,(H,19,21). The van der Waals surface area contributed by atoms with Crippen molar-refractivity contribution in [2.24, 2.45) is 7.05 Å². The first-order valence-corrected chi connectivity index (χ1v) is 6.89. The topological polar surface area (TPSA) is 64.2 Å². The van der Waals surface area contributed by atoms with Crippen molar-refractivity contribution in [3.05, 3.63) is 76.5 Å².